The lowest BCUT2D eigenvalue weighted by atomic mass is 10.1. The van der Waals surface area contributed by atoms with Gasteiger partial charge in [0.2, 0.25) is 5.13 Å². The van der Waals surface area contributed by atoms with Crippen LogP contribution < -0.4 is 16.9 Å². The fourth-order valence-electron chi connectivity index (χ4n) is 2.31. The first-order valence-electron chi connectivity index (χ1n) is 8.27. The number of carbonyl (C=O) groups is 1. The van der Waals surface area contributed by atoms with Crippen LogP contribution >= 0.6 is 11.3 Å². The molecule has 0 saturated heterocycles. The summed E-state index contributed by atoms with van der Waals surface area (Å²) in [5.74, 6) is 7.14. The van der Waals surface area contributed by atoms with Gasteiger partial charge in [-0.3, -0.25) is 0 Å². The molecule has 0 radical (unpaired) electrons. The molecule has 2 amide bonds. The summed E-state index contributed by atoms with van der Waals surface area (Å²) in [5, 5.41) is 6.43. The van der Waals surface area contributed by atoms with Gasteiger partial charge in [-0.25, -0.2) is 20.6 Å². The first-order chi connectivity index (χ1) is 13.1. The molecule has 3 aromatic rings. The predicted octanol–water partition coefficient (Wildman–Crippen LogP) is 2.65. The van der Waals surface area contributed by atoms with E-state index in [0.717, 1.165) is 6.42 Å². The number of furan rings is 1. The van der Waals surface area contributed by atoms with Gasteiger partial charge in [0.25, 0.3) is 0 Å². The van der Waals surface area contributed by atoms with E-state index in [1.165, 1.54) is 21.9 Å². The van der Waals surface area contributed by atoms with Crippen molar-refractivity contribution in [1.29, 1.82) is 0 Å². The number of nitrogens with zero attached hydrogens (tertiary/aromatic N) is 3. The highest BCUT2D eigenvalue weighted by Gasteiger charge is 2.09. The molecule has 140 valence electrons. The zero-order valence-electron chi connectivity index (χ0n) is 14.5. The van der Waals surface area contributed by atoms with Gasteiger partial charge in [0, 0.05) is 11.9 Å². The molecule has 3 rings (SSSR count). The second-order valence-electron chi connectivity index (χ2n) is 5.72. The second-order valence-corrected chi connectivity index (χ2v) is 6.55. The summed E-state index contributed by atoms with van der Waals surface area (Å²) >= 11 is 1.39. The molecule has 0 saturated carbocycles. The largest absolute Gasteiger partial charge is 0.458 e. The highest BCUT2D eigenvalue weighted by Crippen LogP contribution is 2.27. The molecule has 0 fully saturated rings. The summed E-state index contributed by atoms with van der Waals surface area (Å²) in [6.07, 6.45) is 2.40. The number of hydrogen-bond acceptors (Lipinski definition) is 6. The molecule has 2 heterocycles. The van der Waals surface area contributed by atoms with Crippen LogP contribution in [0, 0.1) is 0 Å². The van der Waals surface area contributed by atoms with Crippen molar-refractivity contribution in [2.45, 2.75) is 13.0 Å². The smallest absolute Gasteiger partial charge is 0.312 e. The Balaban J connectivity index is 1.54. The van der Waals surface area contributed by atoms with E-state index in [1.54, 1.807) is 18.5 Å². The third-order valence-electron chi connectivity index (χ3n) is 3.66. The standard InChI is InChI=1S/C18H20N6O2S/c19-17(25)21-10-14-6-7-16(26-14)15-11-27-18(23-15)22-12-24(20)9-8-13-4-2-1-3-5-13/h1-7,11-12H,8-10,20H2,(H3,19,21,25)/b22-12+. The fraction of sp³-hybridized carbons (Fsp3) is 0.167. The number of benzene rings is 1. The number of nitrogens with two attached hydrogens (primary N) is 2. The van der Waals surface area contributed by atoms with E-state index < -0.39 is 6.03 Å². The van der Waals surface area contributed by atoms with Gasteiger partial charge >= 0.3 is 6.03 Å². The van der Waals surface area contributed by atoms with Gasteiger partial charge in [-0.15, -0.1) is 11.3 Å². The lowest BCUT2D eigenvalue weighted by Crippen LogP contribution is -2.31. The molecule has 2 aromatic heterocycles. The number of rotatable bonds is 8. The van der Waals surface area contributed by atoms with E-state index in [4.69, 9.17) is 16.0 Å². The van der Waals surface area contributed by atoms with Crippen LogP contribution in [0.25, 0.3) is 11.5 Å². The van der Waals surface area contributed by atoms with Crippen molar-refractivity contribution < 1.29 is 9.21 Å². The van der Waals surface area contributed by atoms with Crippen LogP contribution in [0.5, 0.6) is 0 Å². The average Bonchev–Trinajstić information content (AvgIpc) is 3.33. The molecule has 0 unspecified atom stereocenters. The number of hydrazine groups is 1. The summed E-state index contributed by atoms with van der Waals surface area (Å²) in [4.78, 5) is 19.4. The van der Waals surface area contributed by atoms with Gasteiger partial charge in [0.1, 0.15) is 17.8 Å². The van der Waals surface area contributed by atoms with Gasteiger partial charge in [0.15, 0.2) is 5.76 Å². The van der Waals surface area contributed by atoms with Gasteiger partial charge in [-0.05, 0) is 24.1 Å². The normalized spacial score (nSPS) is 11.0. The zero-order chi connectivity index (χ0) is 19.1. The molecule has 9 heteroatoms. The molecular formula is C18H20N6O2S. The number of carbonyl (C=O) groups excluding carboxylic acids is 1. The van der Waals surface area contributed by atoms with E-state index in [0.29, 0.717) is 28.9 Å². The van der Waals surface area contributed by atoms with Crippen LogP contribution in [-0.2, 0) is 13.0 Å². The van der Waals surface area contributed by atoms with Gasteiger partial charge in [-0.1, -0.05) is 30.3 Å². The maximum absolute atomic E-state index is 10.7. The number of amides is 2. The number of aliphatic imine (C=N–C) groups is 1. The third-order valence-corrected chi connectivity index (χ3v) is 4.41. The number of aromatic nitrogens is 1. The Morgan fingerprint density at radius 3 is 2.89 bits per heavy atom. The van der Waals surface area contributed by atoms with Crippen molar-refractivity contribution in [2.24, 2.45) is 16.6 Å². The molecule has 0 atom stereocenters. The van der Waals surface area contributed by atoms with Gasteiger partial charge in [0.05, 0.1) is 6.54 Å². The monoisotopic (exact) mass is 384 g/mol. The molecule has 27 heavy (non-hydrogen) atoms. The topological polar surface area (TPSA) is 123 Å². The molecule has 0 aliphatic carbocycles. The van der Waals surface area contributed by atoms with Crippen molar-refractivity contribution in [3.63, 3.8) is 0 Å². The Kier molecular flexibility index (Phi) is 6.18. The van der Waals surface area contributed by atoms with Crippen LogP contribution in [0.1, 0.15) is 11.3 Å². The Morgan fingerprint density at radius 2 is 2.11 bits per heavy atom. The van der Waals surface area contributed by atoms with E-state index in [9.17, 15) is 4.79 Å². The van der Waals surface area contributed by atoms with Crippen LogP contribution in [0.15, 0.2) is 57.3 Å². The first-order valence-corrected chi connectivity index (χ1v) is 9.15. The SMILES string of the molecule is NC(=O)NCc1ccc(-c2csc(/N=C/N(N)CCc3ccccc3)n2)o1. The molecular weight excluding hydrogens is 364 g/mol. The van der Waals surface area contributed by atoms with E-state index in [1.807, 2.05) is 23.6 Å². The van der Waals surface area contributed by atoms with Crippen LogP contribution in [-0.4, -0.2) is 28.9 Å². The Hall–Kier alpha value is -3.17. The quantitative estimate of drug-likeness (QED) is 0.238. The van der Waals surface area contributed by atoms with Crippen LogP contribution in [0.3, 0.4) is 0 Å². The van der Waals surface area contributed by atoms with Gasteiger partial charge in [-0.2, -0.15) is 0 Å². The third kappa shape index (κ3) is 5.66. The Morgan fingerprint density at radius 1 is 1.30 bits per heavy atom. The number of primary amides is 1. The minimum atomic E-state index is -0.600. The fourth-order valence-corrected chi connectivity index (χ4v) is 2.95. The van der Waals surface area contributed by atoms with E-state index in [2.05, 4.69) is 27.4 Å². The highest BCUT2D eigenvalue weighted by molar-refractivity contribution is 7.13. The zero-order valence-corrected chi connectivity index (χ0v) is 15.4. The van der Waals surface area contributed by atoms with Crippen LogP contribution in [0.4, 0.5) is 9.93 Å². The Labute approximate surface area is 160 Å². The number of thiazole rings is 1. The summed E-state index contributed by atoms with van der Waals surface area (Å²) in [6.45, 7) is 0.883. The van der Waals surface area contributed by atoms with E-state index in [-0.39, 0.29) is 6.54 Å². The van der Waals surface area contributed by atoms with Crippen molar-refractivity contribution in [3.8, 4) is 11.5 Å². The Bertz CT molecular complexity index is 905. The number of nitrogens with one attached hydrogen (secondary N) is 1. The van der Waals surface area contributed by atoms with Gasteiger partial charge < -0.3 is 20.5 Å². The van der Waals surface area contributed by atoms with Crippen molar-refractivity contribution in [2.75, 3.05) is 6.54 Å². The summed E-state index contributed by atoms with van der Waals surface area (Å²) < 4.78 is 5.63. The maximum atomic E-state index is 10.7. The minimum absolute atomic E-state index is 0.230. The molecule has 0 bridgehead atoms. The molecule has 0 spiro atoms. The number of urea groups is 1. The van der Waals surface area contributed by atoms with Crippen molar-refractivity contribution in [3.05, 3.63) is 59.2 Å². The number of hydrogen-bond donors (Lipinski definition) is 3. The molecule has 1 aromatic carbocycles. The molecule has 0 aliphatic heterocycles. The lowest BCUT2D eigenvalue weighted by molar-refractivity contribution is 0.247. The van der Waals surface area contributed by atoms with Crippen molar-refractivity contribution in [1.82, 2.24) is 15.3 Å². The maximum Gasteiger partial charge on any atom is 0.312 e. The summed E-state index contributed by atoms with van der Waals surface area (Å²) in [7, 11) is 0. The first kappa shape index (κ1) is 18.6. The summed E-state index contributed by atoms with van der Waals surface area (Å²) in [5.41, 5.74) is 6.93. The highest BCUT2D eigenvalue weighted by atomic mass is 32.1. The second kappa shape index (κ2) is 8.97. The molecule has 8 nitrogen and oxygen atoms in total. The van der Waals surface area contributed by atoms with Crippen molar-refractivity contribution >= 4 is 28.8 Å². The lowest BCUT2D eigenvalue weighted by Gasteiger charge is -2.11. The summed E-state index contributed by atoms with van der Waals surface area (Å²) in [6, 6.07) is 13.1. The predicted molar refractivity (Wildman–Crippen MR) is 105 cm³/mol. The minimum Gasteiger partial charge on any atom is -0.458 e. The molecule has 0 aliphatic rings. The van der Waals surface area contributed by atoms with E-state index >= 15 is 0 Å². The molecule has 5 N–H and O–H groups in total. The average molecular weight is 384 g/mol. The van der Waals surface area contributed by atoms with Crippen LogP contribution in [0.2, 0.25) is 0 Å².